The number of aliphatic imine (C=N–C) groups is 1. The van der Waals surface area contributed by atoms with E-state index >= 15 is 0 Å². The second-order valence-electron chi connectivity index (χ2n) is 9.46. The number of hydrogen-bond donors (Lipinski definition) is 3. The van der Waals surface area contributed by atoms with E-state index in [1.54, 1.807) is 12.3 Å². The standard InChI is InChI=1S/C28H34F2N4.CH3NO/c1-7-20(23-17-26(24(29)14-18(23)2)32-13-11-28(4,5)30)15-25(31-6)22-10-12-33-27(16-22)34-19(3)21-8-9-21;2-1-3/h7,10,12,14-17,21,32H,3,6,8-9,11,13H2,1-2,4-5H3,(H,33,34);1H,(H2,2,3)/b20-7+,25-15-;. The maximum absolute atomic E-state index is 14.6. The predicted molar refractivity (Wildman–Crippen MR) is 151 cm³/mol. The van der Waals surface area contributed by atoms with Crippen molar-refractivity contribution in [1.29, 1.82) is 0 Å². The van der Waals surface area contributed by atoms with E-state index in [1.165, 1.54) is 19.9 Å². The summed E-state index contributed by atoms with van der Waals surface area (Å²) >= 11 is 0. The van der Waals surface area contributed by atoms with Crippen LogP contribution in [0.5, 0.6) is 0 Å². The smallest absolute Gasteiger partial charge is 0.204 e. The molecule has 198 valence electrons. The fourth-order valence-electron chi connectivity index (χ4n) is 3.65. The first-order valence-electron chi connectivity index (χ1n) is 12.2. The number of nitrogens with zero attached hydrogens (tertiary/aromatic N) is 2. The summed E-state index contributed by atoms with van der Waals surface area (Å²) in [7, 11) is 0. The minimum Gasteiger partial charge on any atom is -0.383 e. The molecule has 0 spiro atoms. The largest absolute Gasteiger partial charge is 0.383 e. The van der Waals surface area contributed by atoms with Gasteiger partial charge >= 0.3 is 0 Å². The van der Waals surface area contributed by atoms with Gasteiger partial charge in [0.15, 0.2) is 0 Å². The molecule has 37 heavy (non-hydrogen) atoms. The molecule has 4 N–H and O–H groups in total. The van der Waals surface area contributed by atoms with Crippen LogP contribution in [0.2, 0.25) is 0 Å². The number of hydrogen-bond acceptors (Lipinski definition) is 5. The van der Waals surface area contributed by atoms with Gasteiger partial charge in [-0.3, -0.25) is 9.79 Å². The van der Waals surface area contributed by atoms with Crippen LogP contribution in [0, 0.1) is 18.7 Å². The molecule has 0 aliphatic heterocycles. The number of nitrogens with one attached hydrogen (secondary N) is 2. The molecular formula is C29H37F2N5O. The summed E-state index contributed by atoms with van der Waals surface area (Å²) in [6, 6.07) is 7.06. The molecule has 0 saturated heterocycles. The van der Waals surface area contributed by atoms with Crippen LogP contribution in [0.1, 0.15) is 56.7 Å². The lowest BCUT2D eigenvalue weighted by atomic mass is 9.97. The SMILES string of the molecule is C=N/C(=C\C(=C/C)c1cc(NCCC(C)(C)F)c(F)cc1C)c1ccnc(NC(=C)C2CC2)c1.NC=O. The van der Waals surface area contributed by atoms with E-state index in [0.29, 0.717) is 29.7 Å². The highest BCUT2D eigenvalue weighted by atomic mass is 19.1. The molecule has 6 nitrogen and oxygen atoms in total. The number of allylic oxidation sites excluding steroid dienone is 4. The van der Waals surface area contributed by atoms with Crippen molar-refractivity contribution in [3.8, 4) is 0 Å². The number of aryl methyl sites for hydroxylation is 1. The Morgan fingerprint density at radius 3 is 2.57 bits per heavy atom. The van der Waals surface area contributed by atoms with Gasteiger partial charge in [-0.05, 0) is 107 Å². The average molecular weight is 510 g/mol. The van der Waals surface area contributed by atoms with Gasteiger partial charge in [0, 0.05) is 24.0 Å². The summed E-state index contributed by atoms with van der Waals surface area (Å²) in [6.07, 6.45) is 8.46. The monoisotopic (exact) mass is 509 g/mol. The van der Waals surface area contributed by atoms with Gasteiger partial charge in [-0.25, -0.2) is 13.8 Å². The van der Waals surface area contributed by atoms with Gasteiger partial charge in [0.1, 0.15) is 17.3 Å². The highest BCUT2D eigenvalue weighted by molar-refractivity contribution is 5.86. The van der Waals surface area contributed by atoms with Crippen molar-refractivity contribution in [2.45, 2.75) is 52.6 Å². The number of primary amides is 1. The van der Waals surface area contributed by atoms with Crippen molar-refractivity contribution < 1.29 is 13.6 Å². The second-order valence-corrected chi connectivity index (χ2v) is 9.46. The quantitative estimate of drug-likeness (QED) is 0.179. The summed E-state index contributed by atoms with van der Waals surface area (Å²) in [6.45, 7) is 15.0. The molecule has 1 aromatic carbocycles. The molecule has 0 atom stereocenters. The third-order valence-corrected chi connectivity index (χ3v) is 5.85. The lowest BCUT2D eigenvalue weighted by Gasteiger charge is -2.17. The number of alkyl halides is 1. The van der Waals surface area contributed by atoms with E-state index in [2.05, 4.69) is 39.6 Å². The van der Waals surface area contributed by atoms with Gasteiger partial charge in [-0.1, -0.05) is 12.7 Å². The maximum Gasteiger partial charge on any atom is 0.204 e. The Hall–Kier alpha value is -3.81. The zero-order valence-electron chi connectivity index (χ0n) is 22.1. The lowest BCUT2D eigenvalue weighted by molar-refractivity contribution is -0.106. The number of amides is 1. The number of nitrogens with two attached hydrogens (primary N) is 1. The Bertz CT molecular complexity index is 1180. The number of anilines is 2. The van der Waals surface area contributed by atoms with E-state index in [9.17, 15) is 8.78 Å². The fourth-order valence-corrected chi connectivity index (χ4v) is 3.65. The van der Waals surface area contributed by atoms with Crippen LogP contribution in [-0.4, -0.2) is 30.3 Å². The Morgan fingerprint density at radius 2 is 2.00 bits per heavy atom. The Kier molecular flexibility index (Phi) is 10.7. The van der Waals surface area contributed by atoms with E-state index in [0.717, 1.165) is 40.8 Å². The zero-order valence-corrected chi connectivity index (χ0v) is 22.1. The predicted octanol–water partition coefficient (Wildman–Crippen LogP) is 6.66. The van der Waals surface area contributed by atoms with Crippen LogP contribution >= 0.6 is 0 Å². The van der Waals surface area contributed by atoms with Gasteiger partial charge < -0.3 is 16.4 Å². The summed E-state index contributed by atoms with van der Waals surface area (Å²) in [5, 5.41) is 6.32. The zero-order chi connectivity index (χ0) is 27.6. The molecule has 8 heteroatoms. The lowest BCUT2D eigenvalue weighted by Crippen LogP contribution is -2.18. The van der Waals surface area contributed by atoms with Crippen molar-refractivity contribution in [2.75, 3.05) is 17.2 Å². The van der Waals surface area contributed by atoms with E-state index < -0.39 is 5.67 Å². The highest BCUT2D eigenvalue weighted by Crippen LogP contribution is 2.36. The summed E-state index contributed by atoms with van der Waals surface area (Å²) in [5.41, 5.74) is 8.24. The first-order chi connectivity index (χ1) is 17.5. The number of aromatic nitrogens is 1. The minimum atomic E-state index is -1.32. The van der Waals surface area contributed by atoms with Crippen LogP contribution in [0.4, 0.5) is 20.3 Å². The number of rotatable bonds is 11. The number of pyridine rings is 1. The van der Waals surface area contributed by atoms with Crippen LogP contribution in [0.3, 0.4) is 0 Å². The van der Waals surface area contributed by atoms with E-state index in [4.69, 9.17) is 4.79 Å². The van der Waals surface area contributed by atoms with Crippen molar-refractivity contribution in [3.05, 3.63) is 77.4 Å². The van der Waals surface area contributed by atoms with Crippen LogP contribution in [0.25, 0.3) is 11.3 Å². The normalized spacial score (nSPS) is 13.8. The summed E-state index contributed by atoms with van der Waals surface area (Å²) < 4.78 is 28.4. The van der Waals surface area contributed by atoms with Crippen molar-refractivity contribution in [3.63, 3.8) is 0 Å². The van der Waals surface area contributed by atoms with Gasteiger partial charge in [0.05, 0.1) is 11.4 Å². The Balaban J connectivity index is 0.00000153. The molecule has 0 unspecified atom stereocenters. The minimum absolute atomic E-state index is 0.250. The maximum atomic E-state index is 14.6. The highest BCUT2D eigenvalue weighted by Gasteiger charge is 2.24. The van der Waals surface area contributed by atoms with Crippen LogP contribution in [0.15, 0.2) is 59.9 Å². The topological polar surface area (TPSA) is 92.4 Å². The van der Waals surface area contributed by atoms with E-state index in [-0.39, 0.29) is 18.6 Å². The third-order valence-electron chi connectivity index (χ3n) is 5.85. The van der Waals surface area contributed by atoms with E-state index in [1.807, 2.05) is 38.1 Å². The molecule has 1 aliphatic carbocycles. The molecule has 1 fully saturated rings. The van der Waals surface area contributed by atoms with Gasteiger partial charge in [0.25, 0.3) is 0 Å². The van der Waals surface area contributed by atoms with Crippen molar-refractivity contribution in [1.82, 2.24) is 4.98 Å². The van der Waals surface area contributed by atoms with Gasteiger partial charge in [-0.2, -0.15) is 0 Å². The van der Waals surface area contributed by atoms with Crippen molar-refractivity contribution in [2.24, 2.45) is 16.6 Å². The third kappa shape index (κ3) is 9.29. The molecule has 1 aromatic heterocycles. The molecule has 1 heterocycles. The first-order valence-corrected chi connectivity index (χ1v) is 12.2. The molecule has 2 aromatic rings. The molecule has 0 radical (unpaired) electrons. The molecular weight excluding hydrogens is 472 g/mol. The number of carbonyl (C=O) groups is 1. The van der Waals surface area contributed by atoms with Gasteiger partial charge in [-0.15, -0.1) is 0 Å². The summed E-state index contributed by atoms with van der Waals surface area (Å²) in [5.74, 6) is 0.874. The first kappa shape index (κ1) is 29.4. The number of carbonyl (C=O) groups excluding carboxylic acids is 1. The van der Waals surface area contributed by atoms with Crippen LogP contribution in [-0.2, 0) is 4.79 Å². The Labute approximate surface area is 218 Å². The average Bonchev–Trinajstić information content (AvgIpc) is 3.67. The molecule has 1 saturated carbocycles. The number of benzene rings is 1. The molecule has 1 aliphatic rings. The molecule has 1 amide bonds. The second kappa shape index (κ2) is 13.5. The summed E-state index contributed by atoms with van der Waals surface area (Å²) in [4.78, 5) is 17.2. The molecule has 3 rings (SSSR count). The molecule has 0 bridgehead atoms. The Morgan fingerprint density at radius 1 is 1.32 bits per heavy atom. The number of halogens is 2. The van der Waals surface area contributed by atoms with Crippen molar-refractivity contribution >= 4 is 35.9 Å². The van der Waals surface area contributed by atoms with Crippen LogP contribution < -0.4 is 16.4 Å². The van der Waals surface area contributed by atoms with Gasteiger partial charge in [0.2, 0.25) is 6.41 Å². The fraction of sp³-hybridized carbons (Fsp3) is 0.345.